The van der Waals surface area contributed by atoms with Crippen LogP contribution in [0.3, 0.4) is 0 Å². The van der Waals surface area contributed by atoms with Gasteiger partial charge in [0.15, 0.2) is 0 Å². The predicted molar refractivity (Wildman–Crippen MR) is 154 cm³/mol. The summed E-state index contributed by atoms with van der Waals surface area (Å²) in [5.74, 6) is -0.720. The highest BCUT2D eigenvalue weighted by Crippen LogP contribution is 2.28. The average Bonchev–Trinajstić information content (AvgIpc) is 2.99. The van der Waals surface area contributed by atoms with Gasteiger partial charge in [-0.1, -0.05) is 42.5 Å². The molecule has 2 heterocycles. The van der Waals surface area contributed by atoms with E-state index in [9.17, 15) is 13.2 Å². The number of benzene rings is 4. The van der Waals surface area contributed by atoms with E-state index >= 15 is 0 Å². The van der Waals surface area contributed by atoms with Gasteiger partial charge in [0.05, 0.1) is 0 Å². The van der Waals surface area contributed by atoms with Crippen molar-refractivity contribution in [1.82, 2.24) is 10.6 Å². The van der Waals surface area contributed by atoms with Crippen LogP contribution in [0.25, 0.3) is 22.3 Å². The molecule has 0 aliphatic carbocycles. The zero-order valence-corrected chi connectivity index (χ0v) is 21.8. The molecule has 2 N–H and O–H groups in total. The van der Waals surface area contributed by atoms with Gasteiger partial charge in [-0.3, -0.25) is 0 Å². The highest BCUT2D eigenvalue weighted by molar-refractivity contribution is 5.70. The predicted octanol–water partition coefficient (Wildman–Crippen LogP) is 5.94. The molecule has 0 radical (unpaired) electrons. The van der Waals surface area contributed by atoms with Crippen LogP contribution in [-0.4, -0.2) is 52.4 Å². The largest absolute Gasteiger partial charge is 0.369 e. The van der Waals surface area contributed by atoms with E-state index < -0.39 is 0 Å². The molecule has 7 heteroatoms. The summed E-state index contributed by atoms with van der Waals surface area (Å²) in [4.78, 5) is 4.39. The molecular formula is C32H33F3N4. The van der Waals surface area contributed by atoms with E-state index in [2.05, 4.69) is 26.5 Å². The Morgan fingerprint density at radius 1 is 0.436 bits per heavy atom. The van der Waals surface area contributed by atoms with Gasteiger partial charge in [-0.05, 0) is 70.8 Å². The van der Waals surface area contributed by atoms with Crippen LogP contribution in [0.15, 0.2) is 91.0 Å². The molecule has 0 unspecified atom stereocenters. The molecule has 6 rings (SSSR count). The second-order valence-corrected chi connectivity index (χ2v) is 9.74. The van der Waals surface area contributed by atoms with Crippen molar-refractivity contribution in [2.24, 2.45) is 0 Å². The Morgan fingerprint density at radius 2 is 0.872 bits per heavy atom. The van der Waals surface area contributed by atoms with Crippen molar-refractivity contribution in [2.45, 2.75) is 0 Å². The molecule has 4 aromatic carbocycles. The summed E-state index contributed by atoms with van der Waals surface area (Å²) in [6, 6.07) is 26.4. The summed E-state index contributed by atoms with van der Waals surface area (Å²) in [6.45, 7) is 7.31. The van der Waals surface area contributed by atoms with Crippen LogP contribution in [0.4, 0.5) is 24.5 Å². The zero-order valence-electron chi connectivity index (χ0n) is 21.8. The topological polar surface area (TPSA) is 30.5 Å². The van der Waals surface area contributed by atoms with E-state index in [4.69, 9.17) is 0 Å². The van der Waals surface area contributed by atoms with E-state index in [0.29, 0.717) is 0 Å². The Labute approximate surface area is 228 Å². The van der Waals surface area contributed by atoms with Gasteiger partial charge in [0.1, 0.15) is 17.5 Å². The maximum Gasteiger partial charge on any atom is 0.125 e. The van der Waals surface area contributed by atoms with Crippen LogP contribution >= 0.6 is 0 Å². The van der Waals surface area contributed by atoms with Crippen molar-refractivity contribution in [3.63, 3.8) is 0 Å². The Balaban J connectivity index is 0.000000158. The summed E-state index contributed by atoms with van der Waals surface area (Å²) >= 11 is 0. The van der Waals surface area contributed by atoms with Gasteiger partial charge in [0.25, 0.3) is 0 Å². The van der Waals surface area contributed by atoms with Gasteiger partial charge in [-0.15, -0.1) is 0 Å². The number of rotatable bonds is 4. The first kappa shape index (κ1) is 26.8. The van der Waals surface area contributed by atoms with Crippen molar-refractivity contribution in [1.29, 1.82) is 0 Å². The molecule has 4 aromatic rings. The normalized spacial score (nSPS) is 15.5. The smallest absolute Gasteiger partial charge is 0.125 e. The second kappa shape index (κ2) is 12.8. The third-order valence-corrected chi connectivity index (χ3v) is 7.01. The van der Waals surface area contributed by atoms with Crippen molar-refractivity contribution >= 4 is 11.4 Å². The first-order valence-electron chi connectivity index (χ1n) is 13.4. The highest BCUT2D eigenvalue weighted by atomic mass is 19.1. The minimum atomic E-state index is -0.285. The van der Waals surface area contributed by atoms with Crippen LogP contribution < -0.4 is 20.4 Å². The zero-order chi connectivity index (χ0) is 27.0. The van der Waals surface area contributed by atoms with Crippen molar-refractivity contribution in [3.05, 3.63) is 108 Å². The molecule has 0 saturated carbocycles. The van der Waals surface area contributed by atoms with E-state index in [0.717, 1.165) is 86.0 Å². The van der Waals surface area contributed by atoms with Gasteiger partial charge in [-0.25, -0.2) is 13.2 Å². The monoisotopic (exact) mass is 530 g/mol. The summed E-state index contributed by atoms with van der Waals surface area (Å²) < 4.78 is 40.6. The molecule has 0 bridgehead atoms. The first-order chi connectivity index (χ1) is 19.0. The Morgan fingerprint density at radius 3 is 1.33 bits per heavy atom. The Hall–Kier alpha value is -3.81. The fraction of sp³-hybridized carbons (Fsp3) is 0.250. The highest BCUT2D eigenvalue weighted by Gasteiger charge is 2.14. The molecular weight excluding hydrogens is 497 g/mol. The minimum Gasteiger partial charge on any atom is -0.369 e. The molecule has 202 valence electrons. The molecule has 0 spiro atoms. The van der Waals surface area contributed by atoms with Gasteiger partial charge in [-0.2, -0.15) is 0 Å². The number of hydrogen-bond donors (Lipinski definition) is 2. The third kappa shape index (κ3) is 7.19. The first-order valence-corrected chi connectivity index (χ1v) is 13.4. The van der Waals surface area contributed by atoms with Crippen LogP contribution in [0.1, 0.15) is 0 Å². The lowest BCUT2D eigenvalue weighted by Crippen LogP contribution is -2.43. The summed E-state index contributed by atoms with van der Waals surface area (Å²) in [7, 11) is 0. The van der Waals surface area contributed by atoms with Crippen LogP contribution in [0, 0.1) is 17.5 Å². The molecule has 4 nitrogen and oxygen atoms in total. The van der Waals surface area contributed by atoms with Crippen molar-refractivity contribution in [3.8, 4) is 22.3 Å². The fourth-order valence-corrected chi connectivity index (χ4v) is 4.97. The van der Waals surface area contributed by atoms with Crippen LogP contribution in [-0.2, 0) is 0 Å². The number of piperazine rings is 2. The van der Waals surface area contributed by atoms with Crippen molar-refractivity contribution < 1.29 is 13.2 Å². The fourth-order valence-electron chi connectivity index (χ4n) is 4.97. The molecule has 2 saturated heterocycles. The minimum absolute atomic E-state index is 0.171. The molecule has 39 heavy (non-hydrogen) atoms. The lowest BCUT2D eigenvalue weighted by atomic mass is 10.0. The van der Waals surface area contributed by atoms with E-state index in [1.54, 1.807) is 30.3 Å². The Kier molecular flexibility index (Phi) is 8.81. The number of halogens is 3. The van der Waals surface area contributed by atoms with E-state index in [1.807, 2.05) is 36.4 Å². The molecule has 2 aliphatic heterocycles. The molecule has 0 aromatic heterocycles. The quantitative estimate of drug-likeness (QED) is 0.342. The summed E-state index contributed by atoms with van der Waals surface area (Å²) in [6.07, 6.45) is 0. The second-order valence-electron chi connectivity index (χ2n) is 9.74. The van der Waals surface area contributed by atoms with Crippen LogP contribution in [0.2, 0.25) is 0 Å². The van der Waals surface area contributed by atoms with Gasteiger partial charge < -0.3 is 20.4 Å². The number of anilines is 2. The average molecular weight is 531 g/mol. The lowest BCUT2D eigenvalue weighted by molar-refractivity contribution is 0.585. The standard InChI is InChI=1S/C16H16F2N2.C16H17FN2/c17-14-3-1-12(2-4-14)13-9-15(18)11-16(10-13)20-7-5-19-6-8-20;17-15-10-14(13-4-2-1-3-5-13)11-16(12-15)19-8-6-18-7-9-19/h1-4,9-11,19H,5-8H2;1-5,10-12,18H,6-9H2. The summed E-state index contributed by atoms with van der Waals surface area (Å²) in [5.41, 5.74) is 5.44. The SMILES string of the molecule is Fc1cc(-c2ccccc2)cc(N2CCNCC2)c1.Fc1ccc(-c2cc(F)cc(N3CCNCC3)c2)cc1. The Bertz CT molecular complexity index is 1350. The third-order valence-electron chi connectivity index (χ3n) is 7.01. The van der Waals surface area contributed by atoms with Gasteiger partial charge >= 0.3 is 0 Å². The summed E-state index contributed by atoms with van der Waals surface area (Å²) in [5, 5.41) is 6.58. The van der Waals surface area contributed by atoms with E-state index in [-0.39, 0.29) is 17.5 Å². The van der Waals surface area contributed by atoms with Gasteiger partial charge in [0, 0.05) is 63.7 Å². The number of nitrogens with zero attached hydrogens (tertiary/aromatic N) is 2. The number of nitrogens with one attached hydrogen (secondary N) is 2. The van der Waals surface area contributed by atoms with E-state index in [1.165, 1.54) is 18.2 Å². The van der Waals surface area contributed by atoms with Gasteiger partial charge in [0.2, 0.25) is 0 Å². The maximum absolute atomic E-state index is 13.8. The molecule has 0 amide bonds. The lowest BCUT2D eigenvalue weighted by Gasteiger charge is -2.29. The molecule has 0 atom stereocenters. The van der Waals surface area contributed by atoms with Crippen LogP contribution in [0.5, 0.6) is 0 Å². The van der Waals surface area contributed by atoms with Crippen molar-refractivity contribution in [2.75, 3.05) is 62.2 Å². The maximum atomic E-state index is 13.8. The number of hydrogen-bond acceptors (Lipinski definition) is 4. The molecule has 2 fully saturated rings. The molecule has 2 aliphatic rings.